The highest BCUT2D eigenvalue weighted by Crippen LogP contribution is 2.33. The van der Waals surface area contributed by atoms with E-state index in [2.05, 4.69) is 17.2 Å². The van der Waals surface area contributed by atoms with Crippen molar-refractivity contribution >= 4 is 52.2 Å². The molecule has 4 rings (SSSR count). The highest BCUT2D eigenvalue weighted by atomic mass is 35.5. The molecule has 2 aromatic carbocycles. The highest BCUT2D eigenvalue weighted by Gasteiger charge is 2.24. The second kappa shape index (κ2) is 8.83. The molecule has 0 saturated carbocycles. The van der Waals surface area contributed by atoms with Gasteiger partial charge in [-0.3, -0.25) is 4.79 Å². The number of furan rings is 1. The Morgan fingerprint density at radius 2 is 1.97 bits per heavy atom. The molecule has 0 bridgehead atoms. The zero-order chi connectivity index (χ0) is 22.0. The fraction of sp³-hybridized carbons (Fsp3) is 0.0870. The second-order valence-corrected chi connectivity index (χ2v) is 8.14. The first kappa shape index (κ1) is 21.0. The number of aliphatic imine (C=N–C) groups is 1. The number of carboxylic acid groups (broad SMARTS) is 1. The lowest BCUT2D eigenvalue weighted by molar-refractivity contribution is -0.115. The number of aryl methyl sites for hydroxylation is 1. The van der Waals surface area contributed by atoms with Gasteiger partial charge in [0.05, 0.1) is 21.2 Å². The van der Waals surface area contributed by atoms with Crippen LogP contribution in [0.4, 0.5) is 5.69 Å². The first-order valence-electron chi connectivity index (χ1n) is 9.44. The monoisotopic (exact) mass is 452 g/mol. The zero-order valence-electron chi connectivity index (χ0n) is 16.4. The van der Waals surface area contributed by atoms with Gasteiger partial charge >= 0.3 is 5.97 Å². The summed E-state index contributed by atoms with van der Waals surface area (Å²) in [6, 6.07) is 15.6. The fourth-order valence-electron chi connectivity index (χ4n) is 2.96. The van der Waals surface area contributed by atoms with Gasteiger partial charge in [0.2, 0.25) is 0 Å². The van der Waals surface area contributed by atoms with Gasteiger partial charge in [0.25, 0.3) is 5.91 Å². The van der Waals surface area contributed by atoms with E-state index in [-0.39, 0.29) is 11.5 Å². The number of carboxylic acids is 1. The Labute approximate surface area is 187 Å². The molecule has 156 valence electrons. The first-order chi connectivity index (χ1) is 14.9. The van der Waals surface area contributed by atoms with Gasteiger partial charge in [-0.05, 0) is 66.2 Å². The molecular formula is C23H17ClN2O4S. The van der Waals surface area contributed by atoms with Crippen molar-refractivity contribution in [3.63, 3.8) is 0 Å². The molecule has 1 fully saturated rings. The Balaban J connectivity index is 1.55. The number of hydrogen-bond donors (Lipinski definition) is 2. The largest absolute Gasteiger partial charge is 0.478 e. The van der Waals surface area contributed by atoms with Crippen LogP contribution in [0.3, 0.4) is 0 Å². The standard InChI is InChI=1S/C23H17ClN2O4S/c1-2-13-3-6-15(7-4-13)25-23-26-21(27)20(31-23)12-16-8-10-19(30-16)17-11-14(22(28)29)5-9-18(17)24/h3-12H,2H2,1H3,(H,28,29)(H,25,26,27). The van der Waals surface area contributed by atoms with E-state index >= 15 is 0 Å². The summed E-state index contributed by atoms with van der Waals surface area (Å²) in [4.78, 5) is 28.5. The smallest absolute Gasteiger partial charge is 0.335 e. The number of amidine groups is 1. The van der Waals surface area contributed by atoms with Crippen molar-refractivity contribution in [3.05, 3.63) is 81.4 Å². The van der Waals surface area contributed by atoms with Gasteiger partial charge in [-0.2, -0.15) is 0 Å². The summed E-state index contributed by atoms with van der Waals surface area (Å²) < 4.78 is 5.79. The average molecular weight is 453 g/mol. The van der Waals surface area contributed by atoms with Gasteiger partial charge in [0.1, 0.15) is 11.5 Å². The van der Waals surface area contributed by atoms with E-state index in [9.17, 15) is 14.7 Å². The number of aromatic carboxylic acids is 1. The Hall–Kier alpha value is -3.29. The van der Waals surface area contributed by atoms with E-state index in [1.807, 2.05) is 24.3 Å². The molecule has 0 aliphatic carbocycles. The summed E-state index contributed by atoms with van der Waals surface area (Å²) in [7, 11) is 0. The summed E-state index contributed by atoms with van der Waals surface area (Å²) in [5, 5.41) is 12.8. The molecule has 1 aliphatic rings. The van der Waals surface area contributed by atoms with Gasteiger partial charge in [0.15, 0.2) is 5.17 Å². The minimum absolute atomic E-state index is 0.106. The predicted octanol–water partition coefficient (Wildman–Crippen LogP) is 5.75. The number of halogens is 1. The second-order valence-electron chi connectivity index (χ2n) is 6.70. The molecule has 3 aromatic rings. The number of benzene rings is 2. The van der Waals surface area contributed by atoms with Crippen molar-refractivity contribution < 1.29 is 19.1 Å². The van der Waals surface area contributed by atoms with E-state index in [0.717, 1.165) is 12.1 Å². The van der Waals surface area contributed by atoms with Gasteiger partial charge in [-0.25, -0.2) is 9.79 Å². The normalized spacial score (nSPS) is 16.1. The Morgan fingerprint density at radius 3 is 2.68 bits per heavy atom. The Kier molecular flexibility index (Phi) is 5.97. The van der Waals surface area contributed by atoms with Crippen LogP contribution in [0.25, 0.3) is 17.4 Å². The molecule has 2 N–H and O–H groups in total. The molecule has 0 radical (unpaired) electrons. The molecule has 2 heterocycles. The molecule has 1 amide bonds. The van der Waals surface area contributed by atoms with E-state index in [1.54, 1.807) is 18.2 Å². The van der Waals surface area contributed by atoms with Crippen LogP contribution in [0.2, 0.25) is 5.02 Å². The van der Waals surface area contributed by atoms with Crippen LogP contribution in [-0.2, 0) is 11.2 Å². The van der Waals surface area contributed by atoms with Gasteiger partial charge in [-0.15, -0.1) is 0 Å². The summed E-state index contributed by atoms with van der Waals surface area (Å²) >= 11 is 7.42. The lowest BCUT2D eigenvalue weighted by Crippen LogP contribution is -2.19. The average Bonchev–Trinajstić information content (AvgIpc) is 3.35. The van der Waals surface area contributed by atoms with Crippen molar-refractivity contribution in [2.75, 3.05) is 0 Å². The van der Waals surface area contributed by atoms with E-state index in [4.69, 9.17) is 16.0 Å². The number of rotatable bonds is 5. The van der Waals surface area contributed by atoms with Crippen LogP contribution < -0.4 is 5.32 Å². The number of hydrogen-bond acceptors (Lipinski definition) is 5. The maximum absolute atomic E-state index is 12.3. The zero-order valence-corrected chi connectivity index (χ0v) is 18.0. The molecule has 6 nitrogen and oxygen atoms in total. The van der Waals surface area contributed by atoms with Crippen LogP contribution in [0.15, 0.2) is 68.9 Å². The molecule has 31 heavy (non-hydrogen) atoms. The molecule has 1 saturated heterocycles. The lowest BCUT2D eigenvalue weighted by Gasteiger charge is -2.02. The lowest BCUT2D eigenvalue weighted by atomic mass is 10.1. The molecule has 0 atom stereocenters. The number of carbonyl (C=O) groups is 2. The topological polar surface area (TPSA) is 91.9 Å². The van der Waals surface area contributed by atoms with Gasteiger partial charge in [-0.1, -0.05) is 30.7 Å². The van der Waals surface area contributed by atoms with Crippen molar-refractivity contribution in [2.24, 2.45) is 4.99 Å². The van der Waals surface area contributed by atoms with Crippen molar-refractivity contribution in [1.29, 1.82) is 0 Å². The molecule has 8 heteroatoms. The summed E-state index contributed by atoms with van der Waals surface area (Å²) in [6.07, 6.45) is 2.56. The Bertz CT molecular complexity index is 1230. The van der Waals surface area contributed by atoms with Crippen molar-refractivity contribution in [1.82, 2.24) is 5.32 Å². The van der Waals surface area contributed by atoms with Crippen molar-refractivity contribution in [3.8, 4) is 11.3 Å². The minimum Gasteiger partial charge on any atom is -0.478 e. The molecule has 1 aromatic heterocycles. The number of nitrogens with one attached hydrogen (secondary N) is 1. The Morgan fingerprint density at radius 1 is 1.19 bits per heavy atom. The van der Waals surface area contributed by atoms with E-state index in [0.29, 0.717) is 32.2 Å². The van der Waals surface area contributed by atoms with Crippen LogP contribution >= 0.6 is 23.4 Å². The molecule has 0 spiro atoms. The number of carbonyl (C=O) groups excluding carboxylic acids is 1. The van der Waals surface area contributed by atoms with Crippen molar-refractivity contribution in [2.45, 2.75) is 13.3 Å². The van der Waals surface area contributed by atoms with Crippen LogP contribution in [0.5, 0.6) is 0 Å². The molecular weight excluding hydrogens is 436 g/mol. The van der Waals surface area contributed by atoms with Crippen LogP contribution in [-0.4, -0.2) is 22.2 Å². The maximum atomic E-state index is 12.3. The first-order valence-corrected chi connectivity index (χ1v) is 10.6. The molecule has 0 unspecified atom stereocenters. The van der Waals surface area contributed by atoms with Crippen LogP contribution in [0.1, 0.15) is 28.6 Å². The number of thioether (sulfide) groups is 1. The predicted molar refractivity (Wildman–Crippen MR) is 123 cm³/mol. The number of amides is 1. The highest BCUT2D eigenvalue weighted by molar-refractivity contribution is 8.18. The van der Waals surface area contributed by atoms with Gasteiger partial charge < -0.3 is 14.8 Å². The quantitative estimate of drug-likeness (QED) is 0.481. The van der Waals surface area contributed by atoms with Gasteiger partial charge in [0, 0.05) is 11.6 Å². The summed E-state index contributed by atoms with van der Waals surface area (Å²) in [6.45, 7) is 2.09. The fourth-order valence-corrected chi connectivity index (χ4v) is 3.99. The van der Waals surface area contributed by atoms with E-state index < -0.39 is 5.97 Å². The van der Waals surface area contributed by atoms with E-state index in [1.165, 1.54) is 35.5 Å². The summed E-state index contributed by atoms with van der Waals surface area (Å²) in [5.74, 6) is -0.467. The third kappa shape index (κ3) is 4.73. The summed E-state index contributed by atoms with van der Waals surface area (Å²) in [5.41, 5.74) is 2.55. The maximum Gasteiger partial charge on any atom is 0.335 e. The number of nitrogens with zero attached hydrogens (tertiary/aromatic N) is 1. The van der Waals surface area contributed by atoms with Crippen LogP contribution in [0, 0.1) is 0 Å². The molecule has 1 aliphatic heterocycles. The minimum atomic E-state index is -1.05. The third-order valence-electron chi connectivity index (χ3n) is 4.61. The third-order valence-corrected chi connectivity index (χ3v) is 5.84. The SMILES string of the molecule is CCc1ccc(N=C2NC(=O)C(=Cc3ccc(-c4cc(C(=O)O)ccc4Cl)o3)S2)cc1.